The molecule has 4 heteroatoms. The SMILES string of the molecule is COc1ccc(-c2ccc(CC(=O)Cl)cc2)cc1OC. The molecule has 0 aromatic heterocycles. The smallest absolute Gasteiger partial charge is 0.226 e. The molecule has 0 aliphatic rings. The molecule has 0 amide bonds. The quantitative estimate of drug-likeness (QED) is 0.788. The van der Waals surface area contributed by atoms with Crippen LogP contribution in [0.1, 0.15) is 5.56 Å². The van der Waals surface area contributed by atoms with E-state index in [4.69, 9.17) is 21.1 Å². The highest BCUT2D eigenvalue weighted by atomic mass is 35.5. The number of rotatable bonds is 5. The van der Waals surface area contributed by atoms with Crippen molar-refractivity contribution in [1.82, 2.24) is 0 Å². The zero-order valence-corrected chi connectivity index (χ0v) is 12.1. The van der Waals surface area contributed by atoms with Crippen molar-refractivity contribution in [3.63, 3.8) is 0 Å². The van der Waals surface area contributed by atoms with Crippen LogP contribution in [0, 0.1) is 0 Å². The van der Waals surface area contributed by atoms with Gasteiger partial charge in [0.25, 0.3) is 0 Å². The lowest BCUT2D eigenvalue weighted by molar-refractivity contribution is -0.111. The van der Waals surface area contributed by atoms with Crippen LogP contribution in [0.2, 0.25) is 0 Å². The third kappa shape index (κ3) is 3.31. The van der Waals surface area contributed by atoms with Crippen molar-refractivity contribution in [2.24, 2.45) is 0 Å². The van der Waals surface area contributed by atoms with Crippen LogP contribution < -0.4 is 9.47 Å². The van der Waals surface area contributed by atoms with E-state index in [2.05, 4.69) is 0 Å². The molecule has 0 fully saturated rings. The normalized spacial score (nSPS) is 10.2. The van der Waals surface area contributed by atoms with E-state index >= 15 is 0 Å². The van der Waals surface area contributed by atoms with Gasteiger partial charge in [0.2, 0.25) is 5.24 Å². The summed E-state index contributed by atoms with van der Waals surface area (Å²) in [5, 5.41) is -0.358. The summed E-state index contributed by atoms with van der Waals surface area (Å²) in [7, 11) is 3.21. The lowest BCUT2D eigenvalue weighted by Crippen LogP contribution is -1.93. The van der Waals surface area contributed by atoms with Gasteiger partial charge in [0.05, 0.1) is 14.2 Å². The number of halogens is 1. The van der Waals surface area contributed by atoms with Gasteiger partial charge in [-0.25, -0.2) is 0 Å². The van der Waals surface area contributed by atoms with Gasteiger partial charge in [-0.2, -0.15) is 0 Å². The lowest BCUT2D eigenvalue weighted by Gasteiger charge is -2.10. The predicted molar refractivity (Wildman–Crippen MR) is 79.5 cm³/mol. The maximum Gasteiger partial charge on any atom is 0.226 e. The molecule has 0 bridgehead atoms. The molecule has 0 radical (unpaired) electrons. The summed E-state index contributed by atoms with van der Waals surface area (Å²) in [6, 6.07) is 13.4. The van der Waals surface area contributed by atoms with Crippen LogP contribution in [-0.4, -0.2) is 19.5 Å². The molecule has 0 atom stereocenters. The summed E-state index contributed by atoms with van der Waals surface area (Å²) in [5.74, 6) is 1.38. The van der Waals surface area contributed by atoms with Crippen LogP contribution in [0.4, 0.5) is 0 Å². The maximum atomic E-state index is 10.9. The minimum absolute atomic E-state index is 0.244. The number of methoxy groups -OCH3 is 2. The Balaban J connectivity index is 2.29. The molecule has 0 saturated carbocycles. The van der Waals surface area contributed by atoms with Gasteiger partial charge in [-0.15, -0.1) is 0 Å². The monoisotopic (exact) mass is 290 g/mol. The molecule has 0 heterocycles. The Kier molecular flexibility index (Phi) is 4.64. The highest BCUT2D eigenvalue weighted by Gasteiger charge is 2.06. The highest BCUT2D eigenvalue weighted by molar-refractivity contribution is 6.63. The van der Waals surface area contributed by atoms with Crippen LogP contribution >= 0.6 is 11.6 Å². The molecule has 0 aliphatic heterocycles. The van der Waals surface area contributed by atoms with E-state index in [9.17, 15) is 4.79 Å². The van der Waals surface area contributed by atoms with E-state index in [0.29, 0.717) is 11.5 Å². The Labute approximate surface area is 123 Å². The van der Waals surface area contributed by atoms with Gasteiger partial charge in [0.15, 0.2) is 11.5 Å². The molecule has 104 valence electrons. The molecule has 0 N–H and O–H groups in total. The largest absolute Gasteiger partial charge is 0.493 e. The number of ether oxygens (including phenoxy) is 2. The Morgan fingerprint density at radius 3 is 2.10 bits per heavy atom. The second kappa shape index (κ2) is 6.44. The predicted octanol–water partition coefficient (Wildman–Crippen LogP) is 3.68. The number of carbonyl (C=O) groups excluding carboxylic acids is 1. The summed E-state index contributed by atoms with van der Waals surface area (Å²) in [5.41, 5.74) is 2.96. The number of hydrogen-bond acceptors (Lipinski definition) is 3. The van der Waals surface area contributed by atoms with Crippen molar-refractivity contribution >= 4 is 16.8 Å². The Morgan fingerprint density at radius 2 is 1.55 bits per heavy atom. The maximum absolute atomic E-state index is 10.9. The molecule has 3 nitrogen and oxygen atoms in total. The third-order valence-electron chi connectivity index (χ3n) is 3.01. The molecule has 20 heavy (non-hydrogen) atoms. The van der Waals surface area contributed by atoms with Gasteiger partial charge in [0, 0.05) is 6.42 Å². The Morgan fingerprint density at radius 1 is 0.950 bits per heavy atom. The number of carbonyl (C=O) groups is 1. The fourth-order valence-corrected chi connectivity index (χ4v) is 2.15. The number of hydrogen-bond donors (Lipinski definition) is 0. The summed E-state index contributed by atoms with van der Waals surface area (Å²) in [6.45, 7) is 0. The third-order valence-corrected chi connectivity index (χ3v) is 3.15. The van der Waals surface area contributed by atoms with Gasteiger partial charge < -0.3 is 9.47 Å². The fraction of sp³-hybridized carbons (Fsp3) is 0.188. The van der Waals surface area contributed by atoms with Crippen molar-refractivity contribution in [2.75, 3.05) is 14.2 Å². The second-order valence-corrected chi connectivity index (χ2v) is 4.72. The Bertz CT molecular complexity index is 606. The molecule has 2 aromatic rings. The van der Waals surface area contributed by atoms with Gasteiger partial charge in [-0.3, -0.25) is 4.79 Å². The minimum Gasteiger partial charge on any atom is -0.493 e. The molecular formula is C16H15ClO3. The molecule has 0 saturated heterocycles. The van der Waals surface area contributed by atoms with Gasteiger partial charge >= 0.3 is 0 Å². The zero-order valence-electron chi connectivity index (χ0n) is 11.4. The van der Waals surface area contributed by atoms with Crippen LogP contribution in [-0.2, 0) is 11.2 Å². The molecule has 0 spiro atoms. The summed E-state index contributed by atoms with van der Waals surface area (Å²) in [6.07, 6.45) is 0.244. The van der Waals surface area contributed by atoms with Crippen LogP contribution in [0.3, 0.4) is 0 Å². The van der Waals surface area contributed by atoms with E-state index < -0.39 is 0 Å². The fourth-order valence-electron chi connectivity index (χ4n) is 1.99. The van der Waals surface area contributed by atoms with Gasteiger partial charge in [-0.05, 0) is 40.4 Å². The van der Waals surface area contributed by atoms with Gasteiger partial charge in [-0.1, -0.05) is 30.3 Å². The van der Waals surface area contributed by atoms with E-state index in [-0.39, 0.29) is 11.7 Å². The van der Waals surface area contributed by atoms with Crippen molar-refractivity contribution in [2.45, 2.75) is 6.42 Å². The average Bonchev–Trinajstić information content (AvgIpc) is 2.46. The molecule has 2 aromatic carbocycles. The molecule has 0 aliphatic carbocycles. The molecule has 0 unspecified atom stereocenters. The van der Waals surface area contributed by atoms with E-state index in [1.807, 2.05) is 42.5 Å². The first-order valence-corrected chi connectivity index (χ1v) is 6.51. The number of benzene rings is 2. The first-order chi connectivity index (χ1) is 9.63. The summed E-state index contributed by atoms with van der Waals surface area (Å²) in [4.78, 5) is 10.9. The minimum atomic E-state index is -0.358. The van der Waals surface area contributed by atoms with Crippen LogP contribution in [0.25, 0.3) is 11.1 Å². The van der Waals surface area contributed by atoms with Crippen LogP contribution in [0.5, 0.6) is 11.5 Å². The van der Waals surface area contributed by atoms with Gasteiger partial charge in [0.1, 0.15) is 0 Å². The second-order valence-electron chi connectivity index (χ2n) is 4.30. The average molecular weight is 291 g/mol. The first kappa shape index (κ1) is 14.4. The first-order valence-electron chi connectivity index (χ1n) is 6.13. The van der Waals surface area contributed by atoms with E-state index in [1.54, 1.807) is 14.2 Å². The summed E-state index contributed by atoms with van der Waals surface area (Å²) >= 11 is 5.37. The Hall–Kier alpha value is -2.00. The van der Waals surface area contributed by atoms with Crippen molar-refractivity contribution < 1.29 is 14.3 Å². The van der Waals surface area contributed by atoms with Crippen molar-refractivity contribution in [1.29, 1.82) is 0 Å². The lowest BCUT2D eigenvalue weighted by atomic mass is 10.0. The van der Waals surface area contributed by atoms with E-state index in [0.717, 1.165) is 16.7 Å². The zero-order chi connectivity index (χ0) is 14.5. The van der Waals surface area contributed by atoms with Crippen molar-refractivity contribution in [3.8, 4) is 22.6 Å². The van der Waals surface area contributed by atoms with Crippen molar-refractivity contribution in [3.05, 3.63) is 48.0 Å². The van der Waals surface area contributed by atoms with E-state index in [1.165, 1.54) is 0 Å². The highest BCUT2D eigenvalue weighted by Crippen LogP contribution is 2.32. The molecular weight excluding hydrogens is 276 g/mol. The topological polar surface area (TPSA) is 35.5 Å². The standard InChI is InChI=1S/C16H15ClO3/c1-19-14-8-7-13(10-15(14)20-2)12-5-3-11(4-6-12)9-16(17)18/h3-8,10H,9H2,1-2H3. The summed E-state index contributed by atoms with van der Waals surface area (Å²) < 4.78 is 10.5. The van der Waals surface area contributed by atoms with Crippen LogP contribution in [0.15, 0.2) is 42.5 Å². The molecule has 2 rings (SSSR count).